The first-order valence-electron chi connectivity index (χ1n) is 9.57. The lowest BCUT2D eigenvalue weighted by molar-refractivity contribution is 0.0723. The van der Waals surface area contributed by atoms with Crippen molar-refractivity contribution in [1.82, 2.24) is 29.8 Å². The van der Waals surface area contributed by atoms with E-state index in [2.05, 4.69) is 20.2 Å². The predicted molar refractivity (Wildman–Crippen MR) is 103 cm³/mol. The Balaban J connectivity index is 1.40. The Hall–Kier alpha value is -3.03. The molecule has 4 heterocycles. The third kappa shape index (κ3) is 3.54. The molecule has 1 aliphatic heterocycles. The SMILES string of the molecule is Cc1noc(C)c1-c1cnc(CCC2CCCN2C(=O)c2ccn(C)n2)cn1. The number of aromatic nitrogens is 5. The van der Waals surface area contributed by atoms with Gasteiger partial charge in [0.15, 0.2) is 0 Å². The van der Waals surface area contributed by atoms with E-state index in [1.807, 2.05) is 25.8 Å². The Kier molecular flexibility index (Phi) is 4.93. The number of rotatable bonds is 5. The first-order valence-corrected chi connectivity index (χ1v) is 9.57. The maximum absolute atomic E-state index is 12.7. The summed E-state index contributed by atoms with van der Waals surface area (Å²) in [5, 5.41) is 8.21. The van der Waals surface area contributed by atoms with Crippen molar-refractivity contribution in [2.24, 2.45) is 7.05 Å². The number of amides is 1. The van der Waals surface area contributed by atoms with Gasteiger partial charge < -0.3 is 9.42 Å². The molecule has 3 aromatic rings. The molecule has 1 amide bonds. The molecule has 1 unspecified atom stereocenters. The molecule has 0 saturated carbocycles. The quantitative estimate of drug-likeness (QED) is 0.676. The van der Waals surface area contributed by atoms with Gasteiger partial charge in [0, 0.05) is 32.0 Å². The van der Waals surface area contributed by atoms with E-state index in [0.717, 1.165) is 60.6 Å². The lowest BCUT2D eigenvalue weighted by Crippen LogP contribution is -2.36. The lowest BCUT2D eigenvalue weighted by atomic mass is 10.1. The largest absolute Gasteiger partial charge is 0.361 e. The molecule has 8 nitrogen and oxygen atoms in total. The van der Waals surface area contributed by atoms with Crippen LogP contribution in [0.15, 0.2) is 29.2 Å². The highest BCUT2D eigenvalue weighted by Gasteiger charge is 2.30. The molecule has 1 fully saturated rings. The van der Waals surface area contributed by atoms with Crippen LogP contribution in [0.1, 0.15) is 46.9 Å². The molecule has 146 valence electrons. The summed E-state index contributed by atoms with van der Waals surface area (Å²) in [6, 6.07) is 2.00. The second-order valence-electron chi connectivity index (χ2n) is 7.30. The summed E-state index contributed by atoms with van der Waals surface area (Å²) in [5.74, 6) is 0.761. The normalized spacial score (nSPS) is 16.7. The summed E-state index contributed by atoms with van der Waals surface area (Å²) in [6.45, 7) is 4.56. The van der Waals surface area contributed by atoms with E-state index in [1.54, 1.807) is 29.3 Å². The first kappa shape index (κ1) is 18.3. The number of likely N-dealkylation sites (tertiary alicyclic amines) is 1. The Morgan fingerprint density at radius 2 is 2.14 bits per heavy atom. The second kappa shape index (κ2) is 7.53. The van der Waals surface area contributed by atoms with E-state index < -0.39 is 0 Å². The average molecular weight is 380 g/mol. The summed E-state index contributed by atoms with van der Waals surface area (Å²) in [5.41, 5.74) is 3.93. The predicted octanol–water partition coefficient (Wildman–Crippen LogP) is 2.72. The molecule has 0 aliphatic carbocycles. The zero-order chi connectivity index (χ0) is 19.7. The molecule has 0 N–H and O–H groups in total. The number of hydrogen-bond acceptors (Lipinski definition) is 6. The molecule has 0 radical (unpaired) electrons. The zero-order valence-electron chi connectivity index (χ0n) is 16.4. The lowest BCUT2D eigenvalue weighted by Gasteiger charge is -2.23. The standard InChI is InChI=1S/C20H24N6O2/c1-13-19(14(2)28-24-13)18-12-21-15(11-22-18)6-7-16-5-4-9-26(16)20(27)17-8-10-25(3)23-17/h8,10-12,16H,4-7,9H2,1-3H3. The van der Waals surface area contributed by atoms with Crippen LogP contribution < -0.4 is 0 Å². The van der Waals surface area contributed by atoms with Gasteiger partial charge in [-0.15, -0.1) is 0 Å². The van der Waals surface area contributed by atoms with Gasteiger partial charge >= 0.3 is 0 Å². The minimum Gasteiger partial charge on any atom is -0.361 e. The van der Waals surface area contributed by atoms with Crippen LogP contribution in [-0.2, 0) is 13.5 Å². The molecule has 1 aliphatic rings. The summed E-state index contributed by atoms with van der Waals surface area (Å²) < 4.78 is 6.87. The van der Waals surface area contributed by atoms with Gasteiger partial charge in [0.2, 0.25) is 0 Å². The fourth-order valence-electron chi connectivity index (χ4n) is 3.86. The Bertz CT molecular complexity index is 956. The molecule has 1 saturated heterocycles. The van der Waals surface area contributed by atoms with E-state index in [1.165, 1.54) is 0 Å². The molecule has 0 spiro atoms. The van der Waals surface area contributed by atoms with Crippen molar-refractivity contribution in [2.45, 2.75) is 45.6 Å². The molecule has 4 rings (SSSR count). The van der Waals surface area contributed by atoms with Crippen molar-refractivity contribution < 1.29 is 9.32 Å². The zero-order valence-corrected chi connectivity index (χ0v) is 16.4. The van der Waals surface area contributed by atoms with Crippen LogP contribution >= 0.6 is 0 Å². The van der Waals surface area contributed by atoms with Crippen LogP contribution in [0.2, 0.25) is 0 Å². The van der Waals surface area contributed by atoms with Gasteiger partial charge in [0.05, 0.1) is 28.8 Å². The maximum atomic E-state index is 12.7. The highest BCUT2D eigenvalue weighted by molar-refractivity contribution is 5.92. The summed E-state index contributed by atoms with van der Waals surface area (Å²) >= 11 is 0. The fraction of sp³-hybridized carbons (Fsp3) is 0.450. The van der Waals surface area contributed by atoms with Crippen LogP contribution in [-0.4, -0.2) is 48.3 Å². The third-order valence-corrected chi connectivity index (χ3v) is 5.30. The van der Waals surface area contributed by atoms with Gasteiger partial charge in [-0.05, 0) is 45.6 Å². The monoisotopic (exact) mass is 380 g/mol. The molecule has 28 heavy (non-hydrogen) atoms. The Labute approximate surface area is 163 Å². The van der Waals surface area contributed by atoms with Crippen molar-refractivity contribution in [2.75, 3.05) is 6.54 Å². The molecule has 8 heteroatoms. The van der Waals surface area contributed by atoms with Crippen LogP contribution in [0.4, 0.5) is 0 Å². The molecule has 3 aromatic heterocycles. The van der Waals surface area contributed by atoms with E-state index in [-0.39, 0.29) is 11.9 Å². The van der Waals surface area contributed by atoms with E-state index in [0.29, 0.717) is 5.69 Å². The average Bonchev–Trinajstić information content (AvgIpc) is 3.41. The molecular formula is C20H24N6O2. The maximum Gasteiger partial charge on any atom is 0.274 e. The smallest absolute Gasteiger partial charge is 0.274 e. The van der Waals surface area contributed by atoms with Crippen molar-refractivity contribution in [3.8, 4) is 11.3 Å². The third-order valence-electron chi connectivity index (χ3n) is 5.30. The van der Waals surface area contributed by atoms with Gasteiger partial charge in [0.1, 0.15) is 11.5 Å². The molecular weight excluding hydrogens is 356 g/mol. The van der Waals surface area contributed by atoms with E-state index in [9.17, 15) is 4.79 Å². The number of carbonyl (C=O) groups is 1. The fourth-order valence-corrected chi connectivity index (χ4v) is 3.86. The topological polar surface area (TPSA) is 89.9 Å². The minimum atomic E-state index is 0.0166. The van der Waals surface area contributed by atoms with E-state index >= 15 is 0 Å². The van der Waals surface area contributed by atoms with Crippen LogP contribution in [0, 0.1) is 13.8 Å². The highest BCUT2D eigenvalue weighted by Crippen LogP contribution is 2.25. The van der Waals surface area contributed by atoms with Gasteiger partial charge in [-0.3, -0.25) is 19.4 Å². The number of carbonyl (C=O) groups excluding carboxylic acids is 1. The van der Waals surface area contributed by atoms with Gasteiger partial charge in [0.25, 0.3) is 5.91 Å². The minimum absolute atomic E-state index is 0.0166. The van der Waals surface area contributed by atoms with Crippen LogP contribution in [0.3, 0.4) is 0 Å². The van der Waals surface area contributed by atoms with Crippen molar-refractivity contribution in [3.63, 3.8) is 0 Å². The Morgan fingerprint density at radius 3 is 2.79 bits per heavy atom. The van der Waals surface area contributed by atoms with Crippen molar-refractivity contribution >= 4 is 5.91 Å². The van der Waals surface area contributed by atoms with Crippen molar-refractivity contribution in [3.05, 3.63) is 47.5 Å². The van der Waals surface area contributed by atoms with Crippen molar-refractivity contribution in [1.29, 1.82) is 0 Å². The number of nitrogens with zero attached hydrogens (tertiary/aromatic N) is 6. The first-order chi connectivity index (χ1) is 13.5. The van der Waals surface area contributed by atoms with E-state index in [4.69, 9.17) is 4.52 Å². The van der Waals surface area contributed by atoms with Crippen LogP contribution in [0.25, 0.3) is 11.3 Å². The summed E-state index contributed by atoms with van der Waals surface area (Å²) in [7, 11) is 1.82. The highest BCUT2D eigenvalue weighted by atomic mass is 16.5. The number of aryl methyl sites for hydroxylation is 4. The van der Waals surface area contributed by atoms with Gasteiger partial charge in [-0.2, -0.15) is 5.10 Å². The summed E-state index contributed by atoms with van der Waals surface area (Å²) in [4.78, 5) is 23.8. The Morgan fingerprint density at radius 1 is 1.29 bits per heavy atom. The van der Waals surface area contributed by atoms with Gasteiger partial charge in [-0.1, -0.05) is 5.16 Å². The molecule has 1 atom stereocenters. The van der Waals surface area contributed by atoms with Gasteiger partial charge in [-0.25, -0.2) is 0 Å². The molecule has 0 aromatic carbocycles. The second-order valence-corrected chi connectivity index (χ2v) is 7.30. The summed E-state index contributed by atoms with van der Waals surface area (Å²) in [6.07, 6.45) is 9.08. The number of hydrogen-bond donors (Lipinski definition) is 0. The molecule has 0 bridgehead atoms. The van der Waals surface area contributed by atoms with Crippen LogP contribution in [0.5, 0.6) is 0 Å².